The Hall–Kier alpha value is -1.27. The maximum absolute atomic E-state index is 11.1. The van der Waals surface area contributed by atoms with Gasteiger partial charge in [0.05, 0.1) is 4.92 Å². The third-order valence-electron chi connectivity index (χ3n) is 3.61. The van der Waals surface area contributed by atoms with E-state index in [0.29, 0.717) is 10.9 Å². The van der Waals surface area contributed by atoms with E-state index in [1.807, 2.05) is 17.8 Å². The Morgan fingerprint density at radius 1 is 1.55 bits per heavy atom. The fourth-order valence-electron chi connectivity index (χ4n) is 2.47. The first-order valence-electron chi connectivity index (χ1n) is 6.93. The van der Waals surface area contributed by atoms with Crippen LogP contribution in [-0.4, -0.2) is 41.0 Å². The first-order chi connectivity index (χ1) is 9.63. The first-order valence-corrected chi connectivity index (χ1v) is 7.98. The molecule has 1 aromatic carbocycles. The number of nitro groups is 1. The van der Waals surface area contributed by atoms with E-state index in [0.717, 1.165) is 31.0 Å². The standard InChI is InChI=1S/C14H21N3O2S/c1-3-12-10-16(6-7-20-12)9-11-4-5-13(15-2)14(8-11)17(18)19/h4-5,8,12,15H,3,6-7,9-10H2,1-2H3. The molecule has 0 aromatic heterocycles. The average molecular weight is 295 g/mol. The van der Waals surface area contributed by atoms with Gasteiger partial charge in [-0.05, 0) is 18.1 Å². The summed E-state index contributed by atoms with van der Waals surface area (Å²) in [5.74, 6) is 1.15. The fourth-order valence-corrected chi connectivity index (χ4v) is 3.72. The minimum Gasteiger partial charge on any atom is -0.383 e. The van der Waals surface area contributed by atoms with Crippen LogP contribution in [0.25, 0.3) is 0 Å². The minimum atomic E-state index is -0.323. The van der Waals surface area contributed by atoms with Crippen molar-refractivity contribution in [1.29, 1.82) is 0 Å². The van der Waals surface area contributed by atoms with Gasteiger partial charge in [-0.25, -0.2) is 0 Å². The third kappa shape index (κ3) is 3.64. The number of anilines is 1. The molecule has 1 unspecified atom stereocenters. The lowest BCUT2D eigenvalue weighted by molar-refractivity contribution is -0.384. The van der Waals surface area contributed by atoms with Crippen molar-refractivity contribution in [2.45, 2.75) is 25.1 Å². The highest BCUT2D eigenvalue weighted by Crippen LogP contribution is 2.27. The van der Waals surface area contributed by atoms with Gasteiger partial charge in [-0.15, -0.1) is 0 Å². The molecule has 0 amide bonds. The molecule has 6 heteroatoms. The van der Waals surface area contributed by atoms with Crippen LogP contribution in [0.2, 0.25) is 0 Å². The third-order valence-corrected chi connectivity index (χ3v) is 4.98. The van der Waals surface area contributed by atoms with Gasteiger partial charge in [-0.2, -0.15) is 11.8 Å². The topological polar surface area (TPSA) is 58.4 Å². The Morgan fingerprint density at radius 2 is 2.35 bits per heavy atom. The monoisotopic (exact) mass is 295 g/mol. The molecule has 0 saturated carbocycles. The van der Waals surface area contributed by atoms with E-state index in [1.54, 1.807) is 19.2 Å². The smallest absolute Gasteiger partial charge is 0.292 e. The molecule has 110 valence electrons. The number of thioether (sulfide) groups is 1. The molecule has 1 N–H and O–H groups in total. The number of nitrogens with zero attached hydrogens (tertiary/aromatic N) is 2. The molecular weight excluding hydrogens is 274 g/mol. The zero-order chi connectivity index (χ0) is 14.5. The summed E-state index contributed by atoms with van der Waals surface area (Å²) in [5, 5.41) is 14.6. The van der Waals surface area contributed by atoms with Crippen LogP contribution < -0.4 is 5.32 Å². The number of nitrogens with one attached hydrogen (secondary N) is 1. The van der Waals surface area contributed by atoms with Gasteiger partial charge in [-0.1, -0.05) is 13.0 Å². The molecule has 20 heavy (non-hydrogen) atoms. The van der Waals surface area contributed by atoms with Gasteiger partial charge in [0.15, 0.2) is 0 Å². The number of hydrogen-bond donors (Lipinski definition) is 1. The van der Waals surface area contributed by atoms with Crippen molar-refractivity contribution in [2.24, 2.45) is 0 Å². The molecule has 1 fully saturated rings. The Bertz CT molecular complexity index is 481. The van der Waals surface area contributed by atoms with Gasteiger partial charge in [0.25, 0.3) is 5.69 Å². The van der Waals surface area contributed by atoms with Gasteiger partial charge >= 0.3 is 0 Å². The van der Waals surface area contributed by atoms with Crippen LogP contribution >= 0.6 is 11.8 Å². The molecule has 0 aliphatic carbocycles. The van der Waals surface area contributed by atoms with Crippen molar-refractivity contribution in [1.82, 2.24) is 4.90 Å². The average Bonchev–Trinajstić information content (AvgIpc) is 2.47. The van der Waals surface area contributed by atoms with Gasteiger partial charge in [0, 0.05) is 43.8 Å². The Kier molecular flexibility index (Phi) is 5.25. The van der Waals surface area contributed by atoms with Crippen LogP contribution in [0.5, 0.6) is 0 Å². The zero-order valence-corrected chi connectivity index (χ0v) is 12.8. The van der Waals surface area contributed by atoms with E-state index >= 15 is 0 Å². The molecule has 0 spiro atoms. The predicted molar refractivity (Wildman–Crippen MR) is 84.5 cm³/mol. The van der Waals surface area contributed by atoms with Gasteiger partial charge < -0.3 is 5.32 Å². The van der Waals surface area contributed by atoms with Crippen LogP contribution in [0.3, 0.4) is 0 Å². The van der Waals surface area contributed by atoms with E-state index in [4.69, 9.17) is 0 Å². The van der Waals surface area contributed by atoms with Crippen molar-refractivity contribution in [2.75, 3.05) is 31.2 Å². The van der Waals surface area contributed by atoms with E-state index in [1.165, 1.54) is 6.42 Å². The molecule has 1 atom stereocenters. The summed E-state index contributed by atoms with van der Waals surface area (Å²) in [5.41, 5.74) is 1.74. The van der Waals surface area contributed by atoms with Crippen LogP contribution in [0, 0.1) is 10.1 Å². The fraction of sp³-hybridized carbons (Fsp3) is 0.571. The lowest BCUT2D eigenvalue weighted by atomic mass is 10.1. The van der Waals surface area contributed by atoms with Crippen molar-refractivity contribution in [3.63, 3.8) is 0 Å². The predicted octanol–water partition coefficient (Wildman–Crippen LogP) is 2.96. The van der Waals surface area contributed by atoms with E-state index < -0.39 is 0 Å². The van der Waals surface area contributed by atoms with Crippen molar-refractivity contribution in [3.8, 4) is 0 Å². The summed E-state index contributed by atoms with van der Waals surface area (Å²) in [7, 11) is 1.70. The molecule has 1 aromatic rings. The molecule has 0 bridgehead atoms. The highest BCUT2D eigenvalue weighted by atomic mass is 32.2. The van der Waals surface area contributed by atoms with E-state index in [9.17, 15) is 10.1 Å². The summed E-state index contributed by atoms with van der Waals surface area (Å²) in [4.78, 5) is 13.1. The largest absolute Gasteiger partial charge is 0.383 e. The molecule has 5 nitrogen and oxygen atoms in total. The maximum atomic E-state index is 11.1. The van der Waals surface area contributed by atoms with E-state index in [2.05, 4.69) is 17.1 Å². The van der Waals surface area contributed by atoms with Crippen LogP contribution in [0.15, 0.2) is 18.2 Å². The number of benzene rings is 1. The molecule has 1 heterocycles. The highest BCUT2D eigenvalue weighted by molar-refractivity contribution is 8.00. The quantitative estimate of drug-likeness (QED) is 0.668. The second-order valence-corrected chi connectivity index (χ2v) is 6.40. The molecule has 0 radical (unpaired) electrons. The Balaban J connectivity index is 2.09. The lowest BCUT2D eigenvalue weighted by Gasteiger charge is -2.31. The highest BCUT2D eigenvalue weighted by Gasteiger charge is 2.20. The molecule has 1 saturated heterocycles. The number of nitro benzene ring substituents is 1. The molecule has 2 rings (SSSR count). The summed E-state index contributed by atoms with van der Waals surface area (Å²) in [6.45, 7) is 5.14. The molecule has 1 aliphatic heterocycles. The van der Waals surface area contributed by atoms with Crippen LogP contribution in [0.1, 0.15) is 18.9 Å². The summed E-state index contributed by atoms with van der Waals surface area (Å²) in [6.07, 6.45) is 1.18. The van der Waals surface area contributed by atoms with E-state index in [-0.39, 0.29) is 10.6 Å². The SMILES string of the molecule is CCC1CN(Cc2ccc(NC)c([N+](=O)[O-])c2)CCS1. The molecule has 1 aliphatic rings. The lowest BCUT2D eigenvalue weighted by Crippen LogP contribution is -2.37. The summed E-state index contributed by atoms with van der Waals surface area (Å²) < 4.78 is 0. The Labute approximate surface area is 123 Å². The van der Waals surface area contributed by atoms with Crippen LogP contribution in [-0.2, 0) is 6.54 Å². The summed E-state index contributed by atoms with van der Waals surface area (Å²) >= 11 is 2.03. The zero-order valence-electron chi connectivity index (χ0n) is 12.0. The number of rotatable bonds is 5. The normalized spacial score (nSPS) is 19.8. The Morgan fingerprint density at radius 3 is 3.00 bits per heavy atom. The maximum Gasteiger partial charge on any atom is 0.292 e. The number of hydrogen-bond acceptors (Lipinski definition) is 5. The van der Waals surface area contributed by atoms with Crippen molar-refractivity contribution >= 4 is 23.1 Å². The van der Waals surface area contributed by atoms with Crippen molar-refractivity contribution in [3.05, 3.63) is 33.9 Å². The van der Waals surface area contributed by atoms with Gasteiger partial charge in [-0.3, -0.25) is 15.0 Å². The van der Waals surface area contributed by atoms with Crippen molar-refractivity contribution < 1.29 is 4.92 Å². The molecular formula is C14H21N3O2S. The first kappa shape index (κ1) is 15.1. The van der Waals surface area contributed by atoms with Gasteiger partial charge in [0.2, 0.25) is 0 Å². The van der Waals surface area contributed by atoms with Gasteiger partial charge in [0.1, 0.15) is 5.69 Å². The summed E-state index contributed by atoms with van der Waals surface area (Å²) in [6, 6.07) is 5.46. The second-order valence-electron chi connectivity index (χ2n) is 4.99. The minimum absolute atomic E-state index is 0.156. The second kappa shape index (κ2) is 6.95. The van der Waals surface area contributed by atoms with Crippen LogP contribution in [0.4, 0.5) is 11.4 Å².